The van der Waals surface area contributed by atoms with E-state index < -0.39 is 0 Å². The number of nitrogens with zero attached hydrogens (tertiary/aromatic N) is 3. The Morgan fingerprint density at radius 2 is 2.11 bits per heavy atom. The maximum Gasteiger partial charge on any atom is 0.147 e. The van der Waals surface area contributed by atoms with Crippen molar-refractivity contribution in [3.63, 3.8) is 0 Å². The molecule has 0 aromatic carbocycles. The fraction of sp³-hybridized carbons (Fsp3) is 0.692. The maximum absolute atomic E-state index is 4.38. The first kappa shape index (κ1) is 11.9. The third-order valence-electron chi connectivity index (χ3n) is 4.23. The molecule has 2 atom stereocenters. The van der Waals surface area contributed by atoms with Gasteiger partial charge in [-0.15, -0.1) is 0 Å². The Morgan fingerprint density at radius 3 is 2.72 bits per heavy atom. The molecule has 2 fully saturated rings. The van der Waals surface area contributed by atoms with Gasteiger partial charge in [-0.3, -0.25) is 15.8 Å². The molecule has 2 N–H and O–H groups in total. The summed E-state index contributed by atoms with van der Waals surface area (Å²) in [5.41, 5.74) is 6.71. The summed E-state index contributed by atoms with van der Waals surface area (Å²) in [6.45, 7) is 5.60. The van der Waals surface area contributed by atoms with E-state index in [1.165, 1.54) is 12.8 Å². The second kappa shape index (κ2) is 5.20. The third kappa shape index (κ3) is 2.33. The second-order valence-electron chi connectivity index (χ2n) is 5.42. The number of aromatic nitrogens is 2. The Hall–Kier alpha value is -1.20. The van der Waals surface area contributed by atoms with Crippen LogP contribution in [0.15, 0.2) is 18.6 Å². The standard InChI is InChI=1S/C13H21N5/c1-10-8-16-17-13(10)11-2-6-18(7-3-11)12-9-14-4-5-15-12/h4-5,9-11,13,16-17H,2-3,6-8H2,1H3. The molecule has 5 nitrogen and oxygen atoms in total. The quantitative estimate of drug-likeness (QED) is 0.810. The molecule has 2 saturated heterocycles. The summed E-state index contributed by atoms with van der Waals surface area (Å²) in [5, 5.41) is 0. The van der Waals surface area contributed by atoms with E-state index in [4.69, 9.17) is 0 Å². The van der Waals surface area contributed by atoms with Crippen molar-refractivity contribution in [1.82, 2.24) is 20.8 Å². The van der Waals surface area contributed by atoms with E-state index in [0.717, 1.165) is 37.3 Å². The van der Waals surface area contributed by atoms with Crippen molar-refractivity contribution in [2.24, 2.45) is 11.8 Å². The van der Waals surface area contributed by atoms with Crippen molar-refractivity contribution in [2.45, 2.75) is 25.8 Å². The molecule has 0 amide bonds. The molecular formula is C13H21N5. The van der Waals surface area contributed by atoms with Gasteiger partial charge in [0.2, 0.25) is 0 Å². The number of rotatable bonds is 2. The summed E-state index contributed by atoms with van der Waals surface area (Å²) in [5.74, 6) is 2.53. The molecule has 0 aliphatic carbocycles. The molecule has 2 aliphatic rings. The van der Waals surface area contributed by atoms with Gasteiger partial charge in [0.15, 0.2) is 0 Å². The zero-order chi connectivity index (χ0) is 12.4. The van der Waals surface area contributed by atoms with Gasteiger partial charge < -0.3 is 4.90 Å². The van der Waals surface area contributed by atoms with Gasteiger partial charge in [0.25, 0.3) is 0 Å². The lowest BCUT2D eigenvalue weighted by Gasteiger charge is -2.36. The van der Waals surface area contributed by atoms with Crippen LogP contribution in [0.25, 0.3) is 0 Å². The summed E-state index contributed by atoms with van der Waals surface area (Å²) in [4.78, 5) is 10.9. The van der Waals surface area contributed by atoms with Crippen LogP contribution in [0.2, 0.25) is 0 Å². The first-order chi connectivity index (χ1) is 8.84. The summed E-state index contributed by atoms with van der Waals surface area (Å²) < 4.78 is 0. The Bertz CT molecular complexity index is 374. The molecular weight excluding hydrogens is 226 g/mol. The molecule has 0 spiro atoms. The molecule has 2 aliphatic heterocycles. The van der Waals surface area contributed by atoms with Gasteiger partial charge in [-0.25, -0.2) is 4.98 Å². The lowest BCUT2D eigenvalue weighted by molar-refractivity contribution is 0.276. The summed E-state index contributed by atoms with van der Waals surface area (Å²) >= 11 is 0. The minimum atomic E-state index is 0.633. The predicted molar refractivity (Wildman–Crippen MR) is 71.1 cm³/mol. The molecule has 1 aromatic rings. The van der Waals surface area contributed by atoms with Crippen LogP contribution in [0, 0.1) is 11.8 Å². The number of hydrazine groups is 1. The van der Waals surface area contributed by atoms with Crippen molar-refractivity contribution < 1.29 is 0 Å². The number of hydrogen-bond donors (Lipinski definition) is 2. The Morgan fingerprint density at radius 1 is 1.28 bits per heavy atom. The highest BCUT2D eigenvalue weighted by molar-refractivity contribution is 5.35. The van der Waals surface area contributed by atoms with Crippen LogP contribution in [0.1, 0.15) is 19.8 Å². The lowest BCUT2D eigenvalue weighted by atomic mass is 9.84. The van der Waals surface area contributed by atoms with Gasteiger partial charge in [-0.05, 0) is 24.7 Å². The fourth-order valence-electron chi connectivity index (χ4n) is 3.13. The zero-order valence-corrected chi connectivity index (χ0v) is 10.8. The largest absolute Gasteiger partial charge is 0.355 e. The van der Waals surface area contributed by atoms with E-state index in [-0.39, 0.29) is 0 Å². The van der Waals surface area contributed by atoms with E-state index in [1.54, 1.807) is 12.4 Å². The van der Waals surface area contributed by atoms with Crippen molar-refractivity contribution in [3.8, 4) is 0 Å². The molecule has 3 heterocycles. The van der Waals surface area contributed by atoms with E-state index in [0.29, 0.717) is 6.04 Å². The average molecular weight is 247 g/mol. The first-order valence-electron chi connectivity index (χ1n) is 6.84. The van der Waals surface area contributed by atoms with Crippen LogP contribution in [0.5, 0.6) is 0 Å². The van der Waals surface area contributed by atoms with Crippen molar-refractivity contribution >= 4 is 5.82 Å². The van der Waals surface area contributed by atoms with Crippen LogP contribution in [0.3, 0.4) is 0 Å². The monoisotopic (exact) mass is 247 g/mol. The fourth-order valence-corrected chi connectivity index (χ4v) is 3.13. The van der Waals surface area contributed by atoms with Crippen LogP contribution >= 0.6 is 0 Å². The molecule has 0 bridgehead atoms. The highest BCUT2D eigenvalue weighted by Crippen LogP contribution is 2.27. The van der Waals surface area contributed by atoms with Crippen molar-refractivity contribution in [2.75, 3.05) is 24.5 Å². The van der Waals surface area contributed by atoms with Crippen LogP contribution in [-0.4, -0.2) is 35.6 Å². The van der Waals surface area contributed by atoms with E-state index in [9.17, 15) is 0 Å². The van der Waals surface area contributed by atoms with Gasteiger partial charge in [0.05, 0.1) is 6.20 Å². The SMILES string of the molecule is CC1CNNC1C1CCN(c2cnccn2)CC1. The van der Waals surface area contributed by atoms with Gasteiger partial charge in [0, 0.05) is 38.1 Å². The lowest BCUT2D eigenvalue weighted by Crippen LogP contribution is -2.44. The first-order valence-corrected chi connectivity index (χ1v) is 6.84. The minimum absolute atomic E-state index is 0.633. The molecule has 2 unspecified atom stereocenters. The topological polar surface area (TPSA) is 53.1 Å². The van der Waals surface area contributed by atoms with E-state index in [1.807, 2.05) is 6.20 Å². The van der Waals surface area contributed by atoms with Gasteiger partial charge in [-0.2, -0.15) is 0 Å². The van der Waals surface area contributed by atoms with Gasteiger partial charge in [-0.1, -0.05) is 6.92 Å². The van der Waals surface area contributed by atoms with E-state index in [2.05, 4.69) is 32.6 Å². The molecule has 3 rings (SSSR count). The van der Waals surface area contributed by atoms with Crippen LogP contribution in [0.4, 0.5) is 5.82 Å². The molecule has 98 valence electrons. The van der Waals surface area contributed by atoms with Crippen molar-refractivity contribution in [1.29, 1.82) is 0 Å². The van der Waals surface area contributed by atoms with Gasteiger partial charge in [0.1, 0.15) is 5.82 Å². The molecule has 1 aromatic heterocycles. The second-order valence-corrected chi connectivity index (χ2v) is 5.42. The highest BCUT2D eigenvalue weighted by Gasteiger charge is 2.33. The summed E-state index contributed by atoms with van der Waals surface area (Å²) in [7, 11) is 0. The van der Waals surface area contributed by atoms with E-state index >= 15 is 0 Å². The smallest absolute Gasteiger partial charge is 0.147 e. The number of piperidine rings is 1. The number of hydrogen-bond acceptors (Lipinski definition) is 5. The van der Waals surface area contributed by atoms with Crippen LogP contribution < -0.4 is 15.8 Å². The molecule has 0 saturated carbocycles. The van der Waals surface area contributed by atoms with Crippen molar-refractivity contribution in [3.05, 3.63) is 18.6 Å². The van der Waals surface area contributed by atoms with Gasteiger partial charge >= 0.3 is 0 Å². The third-order valence-corrected chi connectivity index (χ3v) is 4.23. The molecule has 18 heavy (non-hydrogen) atoms. The number of anilines is 1. The summed E-state index contributed by atoms with van der Waals surface area (Å²) in [6, 6.07) is 0.633. The Kier molecular flexibility index (Phi) is 3.43. The highest BCUT2D eigenvalue weighted by atomic mass is 15.4. The predicted octanol–water partition coefficient (Wildman–Crippen LogP) is 0.805. The average Bonchev–Trinajstić information content (AvgIpc) is 2.86. The Labute approximate surface area is 108 Å². The van der Waals surface area contributed by atoms with Crippen LogP contribution in [-0.2, 0) is 0 Å². The minimum Gasteiger partial charge on any atom is -0.355 e. The summed E-state index contributed by atoms with van der Waals surface area (Å²) in [6.07, 6.45) is 7.83. The number of nitrogens with one attached hydrogen (secondary N) is 2. The maximum atomic E-state index is 4.38. The molecule has 5 heteroatoms. The molecule has 0 radical (unpaired) electrons. The Balaban J connectivity index is 1.58. The zero-order valence-electron chi connectivity index (χ0n) is 10.8. The normalized spacial score (nSPS) is 29.7.